The third kappa shape index (κ3) is 2.83. The van der Waals surface area contributed by atoms with E-state index in [2.05, 4.69) is 0 Å². The Morgan fingerprint density at radius 3 is 2.53 bits per heavy atom. The average Bonchev–Trinajstić information content (AvgIpc) is 2.33. The first kappa shape index (κ1) is 12.1. The molecule has 2 rings (SSSR count). The maximum absolute atomic E-state index is 13.7. The summed E-state index contributed by atoms with van der Waals surface area (Å²) in [5, 5.41) is 1.75. The summed E-state index contributed by atoms with van der Waals surface area (Å²) in [4.78, 5) is 0. The molecule has 0 aliphatic carbocycles. The van der Waals surface area contributed by atoms with Crippen LogP contribution in [0.4, 0.5) is 4.39 Å². The van der Waals surface area contributed by atoms with Crippen LogP contribution in [0, 0.1) is 12.7 Å². The fourth-order valence-electron chi connectivity index (χ4n) is 1.61. The van der Waals surface area contributed by atoms with E-state index in [9.17, 15) is 4.39 Å². The van der Waals surface area contributed by atoms with Gasteiger partial charge in [-0.3, -0.25) is 0 Å². The predicted octanol–water partition coefficient (Wildman–Crippen LogP) is 2.77. The first-order valence-corrected chi connectivity index (χ1v) is 6.37. The summed E-state index contributed by atoms with van der Waals surface area (Å²) in [5.41, 5.74) is 0.941. The molecule has 0 bridgehead atoms. The number of hydrogen-bond donors (Lipinski definition) is 0. The van der Waals surface area contributed by atoms with E-state index in [0.717, 1.165) is 21.9 Å². The molecule has 88 valence electrons. The van der Waals surface area contributed by atoms with Crippen molar-refractivity contribution in [2.75, 3.05) is 7.11 Å². The van der Waals surface area contributed by atoms with Crippen LogP contribution in [0.5, 0.6) is 5.75 Å². The second-order valence-corrected chi connectivity index (χ2v) is 5.14. The molecule has 1 nitrogen and oxygen atoms in total. The van der Waals surface area contributed by atoms with E-state index in [4.69, 9.17) is 4.74 Å². The average molecular weight is 248 g/mol. The van der Waals surface area contributed by atoms with Gasteiger partial charge in [-0.1, -0.05) is 38.9 Å². The molecule has 2 aromatic carbocycles. The first-order valence-electron chi connectivity index (χ1n) is 5.37. The van der Waals surface area contributed by atoms with E-state index < -0.39 is 0 Å². The minimum Gasteiger partial charge on any atom is -0.496 e. The molecule has 0 heterocycles. The largest absolute Gasteiger partial charge is 0.496 e. The van der Waals surface area contributed by atoms with E-state index in [1.165, 1.54) is 0 Å². The summed E-state index contributed by atoms with van der Waals surface area (Å²) < 4.78 is 19.0. The number of aryl methyl sites for hydroxylation is 1. The Labute approximate surface area is 102 Å². The Morgan fingerprint density at radius 1 is 1.06 bits per heavy atom. The highest BCUT2D eigenvalue weighted by Gasteiger charge is 2.07. The van der Waals surface area contributed by atoms with E-state index in [1.54, 1.807) is 13.2 Å². The number of hydrogen-bond acceptors (Lipinski definition) is 1. The van der Waals surface area contributed by atoms with Crippen molar-refractivity contribution in [1.29, 1.82) is 0 Å². The number of ether oxygens (including phenoxy) is 1. The van der Waals surface area contributed by atoms with Crippen molar-refractivity contribution in [3.63, 3.8) is 0 Å². The topological polar surface area (TPSA) is 9.23 Å². The molecule has 0 saturated heterocycles. The zero-order valence-electron chi connectivity index (χ0n) is 9.83. The van der Waals surface area contributed by atoms with Crippen molar-refractivity contribution in [3.8, 4) is 5.75 Å². The molecule has 3 heteroatoms. The molecule has 17 heavy (non-hydrogen) atoms. The fraction of sp³-hybridized carbons (Fsp3) is 0.143. The molecular formula is C14H14FOP. The van der Waals surface area contributed by atoms with Crippen LogP contribution < -0.4 is 15.3 Å². The normalized spacial score (nSPS) is 11.0. The van der Waals surface area contributed by atoms with Crippen molar-refractivity contribution in [2.45, 2.75) is 6.92 Å². The molecule has 0 fully saturated rings. The number of methoxy groups -OCH3 is 1. The van der Waals surface area contributed by atoms with Gasteiger partial charge in [-0.05, 0) is 24.6 Å². The Morgan fingerprint density at radius 2 is 1.82 bits per heavy atom. The molecule has 0 aromatic heterocycles. The van der Waals surface area contributed by atoms with Gasteiger partial charge < -0.3 is 4.74 Å². The number of rotatable bonds is 3. The molecule has 0 aliphatic heterocycles. The summed E-state index contributed by atoms with van der Waals surface area (Å²) in [5.74, 6) is 0.667. The number of para-hydroxylation sites is 1. The van der Waals surface area contributed by atoms with E-state index in [0.29, 0.717) is 0 Å². The quantitative estimate of drug-likeness (QED) is 0.759. The second kappa shape index (κ2) is 5.29. The highest BCUT2D eigenvalue weighted by atomic mass is 31.1. The zero-order chi connectivity index (χ0) is 12.3. The van der Waals surface area contributed by atoms with Crippen molar-refractivity contribution in [2.24, 2.45) is 0 Å². The van der Waals surface area contributed by atoms with Gasteiger partial charge in [-0.15, -0.1) is 0 Å². The van der Waals surface area contributed by atoms with E-state index in [1.807, 2.05) is 43.3 Å². The van der Waals surface area contributed by atoms with Crippen LogP contribution in [-0.2, 0) is 0 Å². The second-order valence-electron chi connectivity index (χ2n) is 3.81. The molecule has 1 unspecified atom stereocenters. The molecule has 0 spiro atoms. The van der Waals surface area contributed by atoms with Gasteiger partial charge in [0.05, 0.1) is 7.11 Å². The van der Waals surface area contributed by atoms with Crippen LogP contribution in [0.2, 0.25) is 0 Å². The lowest BCUT2D eigenvalue weighted by molar-refractivity contribution is 0.418. The number of halogens is 1. The summed E-state index contributed by atoms with van der Waals surface area (Å²) >= 11 is 0. The molecule has 0 N–H and O–H groups in total. The van der Waals surface area contributed by atoms with Gasteiger partial charge >= 0.3 is 0 Å². The van der Waals surface area contributed by atoms with Crippen molar-refractivity contribution in [3.05, 3.63) is 53.8 Å². The molecule has 0 aliphatic rings. The summed E-state index contributed by atoms with van der Waals surface area (Å²) in [6.07, 6.45) is 0. The first-order chi connectivity index (χ1) is 8.20. The standard InChI is InChI=1S/C14H14FOP/c1-10-7-8-13(11(15)9-10)17-14-6-4-3-5-12(14)16-2/h3-9,17H,1-2H3. The predicted molar refractivity (Wildman–Crippen MR) is 71.7 cm³/mol. The van der Waals surface area contributed by atoms with Crippen LogP contribution in [0.1, 0.15) is 5.56 Å². The summed E-state index contributed by atoms with van der Waals surface area (Å²) in [7, 11) is 1.91. The van der Waals surface area contributed by atoms with Crippen LogP contribution in [0.3, 0.4) is 0 Å². The van der Waals surface area contributed by atoms with Gasteiger partial charge in [0.1, 0.15) is 11.6 Å². The Balaban J connectivity index is 2.31. The Kier molecular flexibility index (Phi) is 3.75. The lowest BCUT2D eigenvalue weighted by Gasteiger charge is -2.09. The highest BCUT2D eigenvalue weighted by Crippen LogP contribution is 2.20. The highest BCUT2D eigenvalue weighted by molar-refractivity contribution is 7.55. The van der Waals surface area contributed by atoms with Crippen molar-refractivity contribution >= 4 is 19.2 Å². The molecule has 0 amide bonds. The third-order valence-electron chi connectivity index (χ3n) is 2.50. The van der Waals surface area contributed by atoms with Gasteiger partial charge in [0.15, 0.2) is 0 Å². The smallest absolute Gasteiger partial charge is 0.131 e. The van der Waals surface area contributed by atoms with Crippen molar-refractivity contribution in [1.82, 2.24) is 0 Å². The zero-order valence-corrected chi connectivity index (χ0v) is 10.8. The molecule has 2 aromatic rings. The Bertz CT molecular complexity index is 525. The minimum absolute atomic E-state index is 0.144. The molecular weight excluding hydrogens is 234 g/mol. The van der Waals surface area contributed by atoms with E-state index >= 15 is 0 Å². The van der Waals surface area contributed by atoms with Crippen LogP contribution in [-0.4, -0.2) is 7.11 Å². The lowest BCUT2D eigenvalue weighted by Crippen LogP contribution is -2.09. The van der Waals surface area contributed by atoms with Gasteiger partial charge in [-0.25, -0.2) is 4.39 Å². The molecule has 0 radical (unpaired) electrons. The van der Waals surface area contributed by atoms with Gasteiger partial charge in [0.2, 0.25) is 0 Å². The summed E-state index contributed by atoms with van der Waals surface area (Å²) in [6, 6.07) is 13.1. The van der Waals surface area contributed by atoms with Crippen LogP contribution in [0.25, 0.3) is 0 Å². The maximum atomic E-state index is 13.7. The van der Waals surface area contributed by atoms with Gasteiger partial charge in [0, 0.05) is 10.6 Å². The van der Waals surface area contributed by atoms with E-state index in [-0.39, 0.29) is 14.4 Å². The molecule has 1 atom stereocenters. The SMILES string of the molecule is COc1ccccc1Pc1ccc(C)cc1F. The fourth-order valence-corrected chi connectivity index (χ4v) is 2.75. The van der Waals surface area contributed by atoms with Crippen molar-refractivity contribution < 1.29 is 9.13 Å². The van der Waals surface area contributed by atoms with Crippen LogP contribution >= 0.6 is 8.58 Å². The monoisotopic (exact) mass is 248 g/mol. The van der Waals surface area contributed by atoms with Crippen LogP contribution in [0.15, 0.2) is 42.5 Å². The lowest BCUT2D eigenvalue weighted by atomic mass is 10.2. The minimum atomic E-state index is -0.144. The summed E-state index contributed by atoms with van der Waals surface area (Å²) in [6.45, 7) is 1.89. The third-order valence-corrected chi connectivity index (χ3v) is 3.86. The molecule has 0 saturated carbocycles. The van der Waals surface area contributed by atoms with Gasteiger partial charge in [-0.2, -0.15) is 0 Å². The maximum Gasteiger partial charge on any atom is 0.131 e. The number of benzene rings is 2. The van der Waals surface area contributed by atoms with Gasteiger partial charge in [0.25, 0.3) is 0 Å². The Hall–Kier alpha value is -1.40.